The molecular formula is C23H18Cl2N2O6S. The zero-order valence-electron chi connectivity index (χ0n) is 17.8. The fraction of sp³-hybridized carbons (Fsp3) is 0.130. The maximum Gasteiger partial charge on any atom is 0.341 e. The van der Waals surface area contributed by atoms with Crippen molar-refractivity contribution >= 4 is 70.1 Å². The summed E-state index contributed by atoms with van der Waals surface area (Å²) < 4.78 is 10.7. The number of amides is 2. The number of carbonyl (C=O) groups is 3. The lowest BCUT2D eigenvalue weighted by Gasteiger charge is -2.29. The number of thiocarbonyl (C=S) groups is 1. The highest BCUT2D eigenvalue weighted by atomic mass is 35.5. The van der Waals surface area contributed by atoms with Crippen LogP contribution in [-0.4, -0.2) is 41.7 Å². The third-order valence-electron chi connectivity index (χ3n) is 4.65. The van der Waals surface area contributed by atoms with Gasteiger partial charge in [0.05, 0.1) is 22.8 Å². The van der Waals surface area contributed by atoms with Gasteiger partial charge >= 0.3 is 5.97 Å². The van der Waals surface area contributed by atoms with Crippen LogP contribution in [-0.2, 0) is 20.8 Å². The number of allylic oxidation sites excluding steroid dienone is 1. The van der Waals surface area contributed by atoms with Crippen LogP contribution in [0, 0.1) is 0 Å². The molecule has 2 aromatic carbocycles. The van der Waals surface area contributed by atoms with Crippen LogP contribution in [0.5, 0.6) is 11.5 Å². The molecule has 1 aliphatic rings. The monoisotopic (exact) mass is 520 g/mol. The number of carboxylic acid groups (broad SMARTS) is 1. The minimum atomic E-state index is -1.15. The van der Waals surface area contributed by atoms with Crippen molar-refractivity contribution in [2.45, 2.75) is 6.42 Å². The molecule has 1 aliphatic heterocycles. The predicted molar refractivity (Wildman–Crippen MR) is 133 cm³/mol. The Morgan fingerprint density at radius 3 is 2.59 bits per heavy atom. The first-order valence-corrected chi connectivity index (χ1v) is 10.9. The van der Waals surface area contributed by atoms with Gasteiger partial charge in [-0.1, -0.05) is 29.3 Å². The second kappa shape index (κ2) is 10.7. The number of rotatable bonds is 8. The van der Waals surface area contributed by atoms with E-state index in [1.807, 2.05) is 0 Å². The van der Waals surface area contributed by atoms with Gasteiger partial charge in [-0.3, -0.25) is 19.8 Å². The fourth-order valence-corrected chi connectivity index (χ4v) is 3.78. The Hall–Kier alpha value is -3.40. The Morgan fingerprint density at radius 1 is 1.24 bits per heavy atom. The predicted octanol–water partition coefficient (Wildman–Crippen LogP) is 4.03. The van der Waals surface area contributed by atoms with Crippen LogP contribution < -0.4 is 19.7 Å². The molecule has 2 aromatic rings. The van der Waals surface area contributed by atoms with Gasteiger partial charge in [-0.25, -0.2) is 4.79 Å². The van der Waals surface area contributed by atoms with E-state index in [0.29, 0.717) is 28.3 Å². The number of nitrogens with one attached hydrogen (secondary N) is 1. The summed E-state index contributed by atoms with van der Waals surface area (Å²) in [6.45, 7) is 3.12. The zero-order chi connectivity index (χ0) is 25.0. The average Bonchev–Trinajstić information content (AvgIpc) is 2.77. The summed E-state index contributed by atoms with van der Waals surface area (Å²) in [5.41, 5.74) is 1.14. The summed E-state index contributed by atoms with van der Waals surface area (Å²) >= 11 is 17.2. The molecule has 1 fully saturated rings. The lowest BCUT2D eigenvalue weighted by molar-refractivity contribution is -0.139. The van der Waals surface area contributed by atoms with E-state index in [4.69, 9.17) is 50.0 Å². The second-order valence-electron chi connectivity index (χ2n) is 6.94. The van der Waals surface area contributed by atoms with E-state index in [9.17, 15) is 14.4 Å². The molecular weight excluding hydrogens is 503 g/mol. The summed E-state index contributed by atoms with van der Waals surface area (Å²) in [5.74, 6) is -2.04. The number of halogens is 2. The van der Waals surface area contributed by atoms with E-state index in [-0.39, 0.29) is 27.2 Å². The molecule has 0 spiro atoms. The SMILES string of the molecule is C=CCc1cc(/C=C2\C(=O)NC(=S)N(c3ccc(Cl)c(Cl)c3)C2=O)cc(OC)c1OCC(=O)O. The van der Waals surface area contributed by atoms with Crippen molar-refractivity contribution < 1.29 is 29.0 Å². The van der Waals surface area contributed by atoms with Gasteiger partial charge in [0.2, 0.25) is 0 Å². The molecule has 8 nitrogen and oxygen atoms in total. The van der Waals surface area contributed by atoms with Gasteiger partial charge in [0.25, 0.3) is 11.8 Å². The number of hydrogen-bond acceptors (Lipinski definition) is 6. The Labute approximate surface area is 210 Å². The molecule has 1 saturated heterocycles. The molecule has 1 heterocycles. The van der Waals surface area contributed by atoms with E-state index >= 15 is 0 Å². The number of aliphatic carboxylic acids is 1. The normalized spacial score (nSPS) is 14.7. The highest BCUT2D eigenvalue weighted by Crippen LogP contribution is 2.35. The van der Waals surface area contributed by atoms with Gasteiger partial charge in [-0.05, 0) is 60.6 Å². The second-order valence-corrected chi connectivity index (χ2v) is 8.14. The lowest BCUT2D eigenvalue weighted by Crippen LogP contribution is -2.54. The summed E-state index contributed by atoms with van der Waals surface area (Å²) in [5, 5.41) is 11.9. The van der Waals surface area contributed by atoms with Crippen LogP contribution in [0.3, 0.4) is 0 Å². The number of ether oxygens (including phenoxy) is 2. The molecule has 176 valence electrons. The topological polar surface area (TPSA) is 105 Å². The molecule has 0 atom stereocenters. The smallest absolute Gasteiger partial charge is 0.341 e. The average molecular weight is 521 g/mol. The Balaban J connectivity index is 2.06. The number of hydrogen-bond donors (Lipinski definition) is 2. The summed E-state index contributed by atoms with van der Waals surface area (Å²) in [7, 11) is 1.39. The maximum absolute atomic E-state index is 13.3. The molecule has 2 amide bonds. The summed E-state index contributed by atoms with van der Waals surface area (Å²) in [6, 6.07) is 7.69. The van der Waals surface area contributed by atoms with E-state index in [1.54, 1.807) is 18.2 Å². The summed E-state index contributed by atoms with van der Waals surface area (Å²) in [6.07, 6.45) is 3.30. The lowest BCUT2D eigenvalue weighted by atomic mass is 10.0. The Kier molecular flexibility index (Phi) is 7.93. The molecule has 2 N–H and O–H groups in total. The number of benzene rings is 2. The highest BCUT2D eigenvalue weighted by molar-refractivity contribution is 7.80. The van der Waals surface area contributed by atoms with Crippen LogP contribution in [0.15, 0.2) is 48.6 Å². The molecule has 0 saturated carbocycles. The van der Waals surface area contributed by atoms with Crippen LogP contribution in [0.25, 0.3) is 6.08 Å². The fourth-order valence-electron chi connectivity index (χ4n) is 3.21. The molecule has 3 rings (SSSR count). The standard InChI is InChI=1S/C23H18Cl2N2O6S/c1-3-4-13-7-12(9-18(32-2)20(13)33-11-19(28)29)8-15-21(30)26-23(34)27(22(15)31)14-5-6-16(24)17(25)10-14/h3,5-10H,1,4,11H2,2H3,(H,28,29)(H,26,30,34)/b15-8+. The van der Waals surface area contributed by atoms with Gasteiger partial charge in [-0.2, -0.15) is 0 Å². The molecule has 34 heavy (non-hydrogen) atoms. The quantitative estimate of drug-likeness (QED) is 0.234. The first-order chi connectivity index (χ1) is 16.2. The van der Waals surface area contributed by atoms with E-state index in [1.165, 1.54) is 31.4 Å². The number of carboxylic acids is 1. The maximum atomic E-state index is 13.3. The Morgan fingerprint density at radius 2 is 1.97 bits per heavy atom. The molecule has 0 aliphatic carbocycles. The first kappa shape index (κ1) is 25.2. The molecule has 0 bridgehead atoms. The molecule has 0 aromatic heterocycles. The Bertz CT molecular complexity index is 1240. The van der Waals surface area contributed by atoms with Gasteiger partial charge in [0.1, 0.15) is 5.57 Å². The molecule has 0 radical (unpaired) electrons. The number of anilines is 1. The van der Waals surface area contributed by atoms with Crippen molar-refractivity contribution in [3.63, 3.8) is 0 Å². The van der Waals surface area contributed by atoms with Gasteiger partial charge in [0, 0.05) is 5.56 Å². The van der Waals surface area contributed by atoms with Crippen molar-refractivity contribution in [1.82, 2.24) is 5.32 Å². The molecule has 11 heteroatoms. The largest absolute Gasteiger partial charge is 0.493 e. The van der Waals surface area contributed by atoms with Crippen LogP contribution in [0.4, 0.5) is 5.69 Å². The van der Waals surface area contributed by atoms with Crippen molar-refractivity contribution in [3.8, 4) is 11.5 Å². The van der Waals surface area contributed by atoms with Crippen molar-refractivity contribution in [3.05, 3.63) is 69.7 Å². The third kappa shape index (κ3) is 5.39. The summed E-state index contributed by atoms with van der Waals surface area (Å²) in [4.78, 5) is 38.0. The van der Waals surface area contributed by atoms with Crippen molar-refractivity contribution in [2.75, 3.05) is 18.6 Å². The highest BCUT2D eigenvalue weighted by Gasteiger charge is 2.34. The minimum Gasteiger partial charge on any atom is -0.493 e. The zero-order valence-corrected chi connectivity index (χ0v) is 20.1. The third-order valence-corrected chi connectivity index (χ3v) is 5.68. The van der Waals surface area contributed by atoms with E-state index in [2.05, 4.69) is 11.9 Å². The first-order valence-electron chi connectivity index (χ1n) is 9.69. The minimum absolute atomic E-state index is 0.104. The van der Waals surface area contributed by atoms with Gasteiger partial charge < -0.3 is 14.6 Å². The van der Waals surface area contributed by atoms with Gasteiger partial charge in [-0.15, -0.1) is 6.58 Å². The number of nitrogens with zero attached hydrogens (tertiary/aromatic N) is 1. The van der Waals surface area contributed by atoms with Crippen LogP contribution >= 0.6 is 35.4 Å². The number of methoxy groups -OCH3 is 1. The van der Waals surface area contributed by atoms with Crippen molar-refractivity contribution in [1.29, 1.82) is 0 Å². The molecule has 0 unspecified atom stereocenters. The van der Waals surface area contributed by atoms with Gasteiger partial charge in [0.15, 0.2) is 23.2 Å². The van der Waals surface area contributed by atoms with E-state index < -0.39 is 24.4 Å². The number of carbonyl (C=O) groups excluding carboxylic acids is 2. The van der Waals surface area contributed by atoms with Crippen molar-refractivity contribution in [2.24, 2.45) is 0 Å². The van der Waals surface area contributed by atoms with E-state index in [0.717, 1.165) is 4.90 Å². The van der Waals surface area contributed by atoms with Crippen LogP contribution in [0.2, 0.25) is 10.0 Å². The van der Waals surface area contributed by atoms with Crippen LogP contribution in [0.1, 0.15) is 11.1 Å².